The molecular weight excluding hydrogens is 238 g/mol. The van der Waals surface area contributed by atoms with Gasteiger partial charge in [-0.25, -0.2) is 4.98 Å². The van der Waals surface area contributed by atoms with Gasteiger partial charge < -0.3 is 9.64 Å². The van der Waals surface area contributed by atoms with Crippen molar-refractivity contribution in [1.29, 1.82) is 5.41 Å². The maximum absolute atomic E-state index is 8.30. The van der Waals surface area contributed by atoms with E-state index >= 15 is 0 Å². The monoisotopic (exact) mass is 255 g/mol. The van der Waals surface area contributed by atoms with Crippen molar-refractivity contribution >= 4 is 16.7 Å². The first-order chi connectivity index (χ1) is 9.25. The first kappa shape index (κ1) is 12.1. The second-order valence-corrected chi connectivity index (χ2v) is 4.79. The second kappa shape index (κ2) is 4.97. The number of hydrogen-bond donors (Lipinski definition) is 1. The van der Waals surface area contributed by atoms with Gasteiger partial charge in [-0.1, -0.05) is 18.2 Å². The number of rotatable bonds is 1. The van der Waals surface area contributed by atoms with Gasteiger partial charge in [0.1, 0.15) is 11.5 Å². The fraction of sp³-hybridized carbons (Fsp3) is 0.333. The Morgan fingerprint density at radius 3 is 2.79 bits per heavy atom. The Morgan fingerprint density at radius 1 is 1.26 bits per heavy atom. The minimum absolute atomic E-state index is 0.497. The molecule has 1 aromatic carbocycles. The zero-order valence-corrected chi connectivity index (χ0v) is 11.0. The highest BCUT2D eigenvalue weighted by molar-refractivity contribution is 5.97. The first-order valence-electron chi connectivity index (χ1n) is 6.54. The lowest BCUT2D eigenvalue weighted by molar-refractivity contribution is 0.0679. The number of morpholine rings is 1. The van der Waals surface area contributed by atoms with Crippen LogP contribution in [0.25, 0.3) is 10.9 Å². The third-order valence-electron chi connectivity index (χ3n) is 3.49. The van der Waals surface area contributed by atoms with E-state index in [2.05, 4.69) is 18.0 Å². The fourth-order valence-corrected chi connectivity index (χ4v) is 2.42. The molecule has 0 spiro atoms. The lowest BCUT2D eigenvalue weighted by Gasteiger charge is -2.28. The molecule has 1 aliphatic rings. The third kappa shape index (κ3) is 2.31. The summed E-state index contributed by atoms with van der Waals surface area (Å²) in [4.78, 5) is 6.63. The van der Waals surface area contributed by atoms with Crippen molar-refractivity contribution in [3.05, 3.63) is 41.6 Å². The molecule has 2 aromatic rings. The minimum atomic E-state index is 0.497. The fourth-order valence-electron chi connectivity index (χ4n) is 2.42. The summed E-state index contributed by atoms with van der Waals surface area (Å²) in [5.41, 5.74) is 2.87. The highest BCUT2D eigenvalue weighted by Crippen LogP contribution is 2.18. The summed E-state index contributed by atoms with van der Waals surface area (Å²) in [7, 11) is 0. The molecule has 1 saturated heterocycles. The highest BCUT2D eigenvalue weighted by Gasteiger charge is 2.17. The number of aryl methyl sites for hydroxylation is 1. The zero-order valence-electron chi connectivity index (χ0n) is 11.0. The topological polar surface area (TPSA) is 49.2 Å². The minimum Gasteiger partial charge on any atom is -0.378 e. The van der Waals surface area contributed by atoms with Crippen LogP contribution in [0.5, 0.6) is 0 Å². The average Bonchev–Trinajstić information content (AvgIpc) is 2.47. The van der Waals surface area contributed by atoms with E-state index in [0.29, 0.717) is 19.0 Å². The van der Waals surface area contributed by atoms with Gasteiger partial charge in [0.15, 0.2) is 0 Å². The van der Waals surface area contributed by atoms with Gasteiger partial charge in [0.25, 0.3) is 0 Å². The number of para-hydroxylation sites is 1. The maximum Gasteiger partial charge on any atom is 0.147 e. The van der Waals surface area contributed by atoms with Gasteiger partial charge in [0.2, 0.25) is 0 Å². The number of nitrogens with zero attached hydrogens (tertiary/aromatic N) is 2. The number of hydrogen-bond acceptors (Lipinski definition) is 3. The molecule has 98 valence electrons. The smallest absolute Gasteiger partial charge is 0.147 e. The Hall–Kier alpha value is -1.94. The van der Waals surface area contributed by atoms with Gasteiger partial charge in [-0.15, -0.1) is 0 Å². The van der Waals surface area contributed by atoms with E-state index < -0.39 is 0 Å². The Morgan fingerprint density at radius 2 is 2.00 bits per heavy atom. The van der Waals surface area contributed by atoms with E-state index in [1.54, 1.807) is 0 Å². The molecular formula is C15H17N3O. The van der Waals surface area contributed by atoms with Crippen LogP contribution in [0, 0.1) is 12.3 Å². The van der Waals surface area contributed by atoms with Gasteiger partial charge >= 0.3 is 0 Å². The van der Waals surface area contributed by atoms with Crippen LogP contribution < -0.4 is 0 Å². The first-order valence-corrected chi connectivity index (χ1v) is 6.54. The van der Waals surface area contributed by atoms with Gasteiger partial charge in [-0.2, -0.15) is 0 Å². The Kier molecular flexibility index (Phi) is 3.17. The predicted molar refractivity (Wildman–Crippen MR) is 75.7 cm³/mol. The molecule has 1 aliphatic heterocycles. The summed E-state index contributed by atoms with van der Waals surface area (Å²) in [6, 6.07) is 10.1. The van der Waals surface area contributed by atoms with Crippen molar-refractivity contribution in [1.82, 2.24) is 9.88 Å². The van der Waals surface area contributed by atoms with Crippen LogP contribution in [0.1, 0.15) is 11.3 Å². The molecule has 0 aliphatic carbocycles. The van der Waals surface area contributed by atoms with Crippen LogP contribution in [0.3, 0.4) is 0 Å². The summed E-state index contributed by atoms with van der Waals surface area (Å²) in [5, 5.41) is 9.46. The molecule has 1 N–H and O–H groups in total. The SMILES string of the molecule is Cc1cc(C(=N)N2CCOCC2)nc2ccccc12. The summed E-state index contributed by atoms with van der Waals surface area (Å²) in [6.45, 7) is 4.99. The normalized spacial score (nSPS) is 15.7. The molecule has 4 heteroatoms. The number of fused-ring (bicyclic) bond motifs is 1. The lowest BCUT2D eigenvalue weighted by atomic mass is 10.1. The van der Waals surface area contributed by atoms with E-state index in [1.165, 1.54) is 5.56 Å². The summed E-state index contributed by atoms with van der Waals surface area (Å²) >= 11 is 0. The molecule has 2 heterocycles. The highest BCUT2D eigenvalue weighted by atomic mass is 16.5. The van der Waals surface area contributed by atoms with Gasteiger partial charge in [0.05, 0.1) is 18.7 Å². The molecule has 0 bridgehead atoms. The number of benzene rings is 1. The third-order valence-corrected chi connectivity index (χ3v) is 3.49. The van der Waals surface area contributed by atoms with Crippen molar-refractivity contribution in [2.75, 3.05) is 26.3 Å². The van der Waals surface area contributed by atoms with Crippen LogP contribution in [-0.2, 0) is 4.74 Å². The van der Waals surface area contributed by atoms with Crippen molar-refractivity contribution < 1.29 is 4.74 Å². The molecule has 19 heavy (non-hydrogen) atoms. The molecule has 1 aromatic heterocycles. The van der Waals surface area contributed by atoms with Crippen LogP contribution in [-0.4, -0.2) is 42.0 Å². The number of amidine groups is 1. The van der Waals surface area contributed by atoms with E-state index in [4.69, 9.17) is 10.1 Å². The Balaban J connectivity index is 1.98. The van der Waals surface area contributed by atoms with Crippen LogP contribution >= 0.6 is 0 Å². The molecule has 0 amide bonds. The largest absolute Gasteiger partial charge is 0.378 e. The van der Waals surface area contributed by atoms with Crippen molar-refractivity contribution in [2.45, 2.75) is 6.92 Å². The maximum atomic E-state index is 8.30. The van der Waals surface area contributed by atoms with Gasteiger partial charge in [0, 0.05) is 18.5 Å². The molecule has 1 fully saturated rings. The van der Waals surface area contributed by atoms with Gasteiger partial charge in [-0.05, 0) is 24.6 Å². The number of aromatic nitrogens is 1. The standard InChI is InChI=1S/C15H17N3O/c1-11-10-14(15(16)18-6-8-19-9-7-18)17-13-5-3-2-4-12(11)13/h2-5,10,16H,6-9H2,1H3. The van der Waals surface area contributed by atoms with Crippen LogP contribution in [0.15, 0.2) is 30.3 Å². The van der Waals surface area contributed by atoms with Crippen LogP contribution in [0.2, 0.25) is 0 Å². The summed E-state index contributed by atoms with van der Waals surface area (Å²) in [6.07, 6.45) is 0. The number of ether oxygens (including phenoxy) is 1. The van der Waals surface area contributed by atoms with Crippen molar-refractivity contribution in [2.24, 2.45) is 0 Å². The van der Waals surface area contributed by atoms with E-state index in [9.17, 15) is 0 Å². The van der Waals surface area contributed by atoms with E-state index in [1.807, 2.05) is 29.2 Å². The van der Waals surface area contributed by atoms with Gasteiger partial charge in [-0.3, -0.25) is 5.41 Å². The quantitative estimate of drug-likeness (QED) is 0.628. The molecule has 0 radical (unpaired) electrons. The Labute approximate surface area is 112 Å². The van der Waals surface area contributed by atoms with Crippen LogP contribution in [0.4, 0.5) is 0 Å². The molecule has 0 saturated carbocycles. The Bertz CT molecular complexity index is 618. The summed E-state index contributed by atoms with van der Waals surface area (Å²) < 4.78 is 5.32. The second-order valence-electron chi connectivity index (χ2n) is 4.79. The van der Waals surface area contributed by atoms with Crippen molar-refractivity contribution in [3.8, 4) is 0 Å². The summed E-state index contributed by atoms with van der Waals surface area (Å²) in [5.74, 6) is 0.497. The number of nitrogens with one attached hydrogen (secondary N) is 1. The van der Waals surface area contributed by atoms with E-state index in [-0.39, 0.29) is 0 Å². The van der Waals surface area contributed by atoms with Crippen molar-refractivity contribution in [3.63, 3.8) is 0 Å². The lowest BCUT2D eigenvalue weighted by Crippen LogP contribution is -2.41. The molecule has 0 atom stereocenters. The molecule has 4 nitrogen and oxygen atoms in total. The average molecular weight is 255 g/mol. The number of pyridine rings is 1. The zero-order chi connectivity index (χ0) is 13.2. The van der Waals surface area contributed by atoms with E-state index in [0.717, 1.165) is 29.7 Å². The predicted octanol–water partition coefficient (Wildman–Crippen LogP) is 2.20. The molecule has 0 unspecified atom stereocenters. The molecule has 3 rings (SSSR count).